The Labute approximate surface area is 163 Å². The van der Waals surface area contributed by atoms with Gasteiger partial charge in [-0.25, -0.2) is 14.6 Å². The molecule has 12 heteroatoms. The van der Waals surface area contributed by atoms with Crippen molar-refractivity contribution in [3.05, 3.63) is 28.7 Å². The topological polar surface area (TPSA) is 113 Å². The van der Waals surface area contributed by atoms with Gasteiger partial charge in [0.1, 0.15) is 29.9 Å². The molecular formula is C15H15Cl2N7O3. The van der Waals surface area contributed by atoms with Crippen LogP contribution in [0.4, 0.5) is 0 Å². The second-order valence-corrected chi connectivity index (χ2v) is 7.19. The van der Waals surface area contributed by atoms with Gasteiger partial charge in [0.25, 0.3) is 0 Å². The van der Waals surface area contributed by atoms with Crippen LogP contribution >= 0.6 is 23.2 Å². The number of rotatable bonds is 3. The SMILES string of the molecule is CCc1cn([C@H]2CO[C@@H]3[C@@H](O)[C@H](n4cnc5c(Cl)nc(Cl)nc54)O[C@@H]32)nn1. The van der Waals surface area contributed by atoms with E-state index >= 15 is 0 Å². The predicted octanol–water partition coefficient (Wildman–Crippen LogP) is 1.19. The zero-order valence-electron chi connectivity index (χ0n) is 14.1. The quantitative estimate of drug-likeness (QED) is 0.504. The Bertz CT molecular complexity index is 1010. The highest BCUT2D eigenvalue weighted by molar-refractivity contribution is 6.35. The van der Waals surface area contributed by atoms with Gasteiger partial charge in [-0.3, -0.25) is 4.57 Å². The third-order valence-electron chi connectivity index (χ3n) is 4.97. The van der Waals surface area contributed by atoms with Crippen LogP contribution < -0.4 is 0 Å². The van der Waals surface area contributed by atoms with Crippen LogP contribution in [0.25, 0.3) is 11.2 Å². The summed E-state index contributed by atoms with van der Waals surface area (Å²) in [6.07, 6.45) is 1.61. The van der Waals surface area contributed by atoms with Gasteiger partial charge in [-0.1, -0.05) is 23.7 Å². The van der Waals surface area contributed by atoms with Gasteiger partial charge >= 0.3 is 0 Å². The molecule has 5 atom stereocenters. The van der Waals surface area contributed by atoms with Gasteiger partial charge in [0.15, 0.2) is 17.0 Å². The van der Waals surface area contributed by atoms with Crippen molar-refractivity contribution in [2.75, 3.05) is 6.61 Å². The minimum Gasteiger partial charge on any atom is -0.386 e. The fourth-order valence-electron chi connectivity index (χ4n) is 3.62. The number of aryl methyl sites for hydroxylation is 1. The van der Waals surface area contributed by atoms with Gasteiger partial charge < -0.3 is 14.6 Å². The zero-order chi connectivity index (χ0) is 18.7. The van der Waals surface area contributed by atoms with Crippen LogP contribution in [0, 0.1) is 0 Å². The number of fused-ring (bicyclic) bond motifs is 2. The molecule has 0 radical (unpaired) electrons. The maximum absolute atomic E-state index is 10.8. The van der Waals surface area contributed by atoms with Crippen LogP contribution in [0.2, 0.25) is 10.4 Å². The van der Waals surface area contributed by atoms with Crippen LogP contribution in [0.3, 0.4) is 0 Å². The highest BCUT2D eigenvalue weighted by atomic mass is 35.5. The average Bonchev–Trinajstić information content (AvgIpc) is 3.39. The molecule has 2 fully saturated rings. The number of nitrogens with zero attached hydrogens (tertiary/aromatic N) is 7. The van der Waals surface area contributed by atoms with E-state index in [0.717, 1.165) is 12.1 Å². The molecule has 5 rings (SSSR count). The van der Waals surface area contributed by atoms with Crippen molar-refractivity contribution in [1.29, 1.82) is 0 Å². The zero-order valence-corrected chi connectivity index (χ0v) is 15.6. The van der Waals surface area contributed by atoms with E-state index in [4.69, 9.17) is 32.7 Å². The molecule has 5 heterocycles. The molecule has 2 saturated heterocycles. The van der Waals surface area contributed by atoms with E-state index in [-0.39, 0.29) is 22.6 Å². The van der Waals surface area contributed by atoms with Gasteiger partial charge in [0.05, 0.1) is 18.6 Å². The molecule has 10 nitrogen and oxygen atoms in total. The first-order valence-electron chi connectivity index (χ1n) is 8.48. The normalized spacial score (nSPS) is 30.3. The van der Waals surface area contributed by atoms with E-state index in [1.54, 1.807) is 9.25 Å². The van der Waals surface area contributed by atoms with Crippen molar-refractivity contribution in [1.82, 2.24) is 34.5 Å². The first-order chi connectivity index (χ1) is 13.1. The second kappa shape index (κ2) is 6.35. The Morgan fingerprint density at radius 2 is 2.15 bits per heavy atom. The number of hydrogen-bond acceptors (Lipinski definition) is 8. The van der Waals surface area contributed by atoms with E-state index < -0.39 is 18.4 Å². The number of halogens is 2. The van der Waals surface area contributed by atoms with Crippen LogP contribution in [-0.4, -0.2) is 64.5 Å². The molecule has 2 aliphatic rings. The largest absolute Gasteiger partial charge is 0.386 e. The van der Waals surface area contributed by atoms with Gasteiger partial charge in [-0.2, -0.15) is 4.98 Å². The summed E-state index contributed by atoms with van der Waals surface area (Å²) >= 11 is 12.0. The smallest absolute Gasteiger partial charge is 0.225 e. The summed E-state index contributed by atoms with van der Waals surface area (Å²) in [6, 6.07) is -0.181. The maximum Gasteiger partial charge on any atom is 0.225 e. The minimum absolute atomic E-state index is 0.00855. The molecule has 3 aromatic heterocycles. The standard InChI is InChI=1S/C15H15Cl2N7O3/c1-2-6-3-24(22-21-6)7-4-26-11-9(25)14(27-10(7)11)23-5-18-8-12(16)19-15(17)20-13(8)23/h3,5,7,9-11,14,25H,2,4H2,1H3/t7-,9+,10+,11+,14+/m0/s1. The summed E-state index contributed by atoms with van der Waals surface area (Å²) in [5, 5.41) is 19.2. The molecule has 2 aliphatic heterocycles. The van der Waals surface area contributed by atoms with E-state index in [2.05, 4.69) is 25.3 Å². The van der Waals surface area contributed by atoms with Gasteiger partial charge in [-0.15, -0.1) is 5.10 Å². The van der Waals surface area contributed by atoms with E-state index in [1.807, 2.05) is 13.1 Å². The van der Waals surface area contributed by atoms with Crippen LogP contribution in [-0.2, 0) is 15.9 Å². The van der Waals surface area contributed by atoms with Crippen molar-refractivity contribution >= 4 is 34.4 Å². The number of aromatic nitrogens is 7. The molecule has 0 aromatic carbocycles. The fraction of sp³-hybridized carbons (Fsp3) is 0.533. The number of hydrogen-bond donors (Lipinski definition) is 1. The summed E-state index contributed by atoms with van der Waals surface area (Å²) in [5.41, 5.74) is 1.65. The summed E-state index contributed by atoms with van der Waals surface area (Å²) in [7, 11) is 0. The lowest BCUT2D eigenvalue weighted by atomic mass is 10.1. The molecule has 3 aromatic rings. The Kier molecular flexibility index (Phi) is 4.06. The summed E-state index contributed by atoms with van der Waals surface area (Å²) < 4.78 is 15.3. The third kappa shape index (κ3) is 2.63. The first-order valence-corrected chi connectivity index (χ1v) is 9.24. The molecule has 0 aliphatic carbocycles. The summed E-state index contributed by atoms with van der Waals surface area (Å²) in [6.45, 7) is 2.40. The third-order valence-corrected chi connectivity index (χ3v) is 5.41. The van der Waals surface area contributed by atoms with Crippen LogP contribution in [0.5, 0.6) is 0 Å². The van der Waals surface area contributed by atoms with Crippen molar-refractivity contribution in [2.45, 2.75) is 43.9 Å². The predicted molar refractivity (Wildman–Crippen MR) is 93.4 cm³/mol. The average molecular weight is 412 g/mol. The molecule has 1 N–H and O–H groups in total. The number of aliphatic hydroxyl groups excluding tert-OH is 1. The van der Waals surface area contributed by atoms with Crippen molar-refractivity contribution in [2.24, 2.45) is 0 Å². The highest BCUT2D eigenvalue weighted by Crippen LogP contribution is 2.42. The van der Waals surface area contributed by atoms with Crippen molar-refractivity contribution in [3.8, 4) is 0 Å². The number of ether oxygens (including phenoxy) is 2. The summed E-state index contributed by atoms with van der Waals surface area (Å²) in [5.74, 6) is 0. The Morgan fingerprint density at radius 1 is 1.30 bits per heavy atom. The van der Waals surface area contributed by atoms with E-state index in [9.17, 15) is 5.11 Å². The molecule has 0 saturated carbocycles. The van der Waals surface area contributed by atoms with E-state index in [1.165, 1.54) is 6.33 Å². The molecule has 0 unspecified atom stereocenters. The van der Waals surface area contributed by atoms with Crippen LogP contribution in [0.15, 0.2) is 12.5 Å². The number of aliphatic hydroxyl groups is 1. The molecule has 0 amide bonds. The van der Waals surface area contributed by atoms with Gasteiger partial charge in [-0.05, 0) is 18.0 Å². The van der Waals surface area contributed by atoms with Crippen molar-refractivity contribution < 1.29 is 14.6 Å². The monoisotopic (exact) mass is 411 g/mol. The Morgan fingerprint density at radius 3 is 2.93 bits per heavy atom. The molecule has 27 heavy (non-hydrogen) atoms. The molecule has 142 valence electrons. The molecule has 0 bridgehead atoms. The van der Waals surface area contributed by atoms with Crippen LogP contribution in [0.1, 0.15) is 24.9 Å². The number of imidazole rings is 1. The van der Waals surface area contributed by atoms with Gasteiger partial charge in [0.2, 0.25) is 5.28 Å². The lowest BCUT2D eigenvalue weighted by Gasteiger charge is -2.20. The lowest BCUT2D eigenvalue weighted by Crippen LogP contribution is -2.31. The Balaban J connectivity index is 1.48. The van der Waals surface area contributed by atoms with Crippen molar-refractivity contribution in [3.63, 3.8) is 0 Å². The maximum atomic E-state index is 10.8. The minimum atomic E-state index is -0.918. The molecular weight excluding hydrogens is 397 g/mol. The molecule has 0 spiro atoms. The fourth-order valence-corrected chi connectivity index (χ4v) is 4.04. The van der Waals surface area contributed by atoms with E-state index in [0.29, 0.717) is 17.8 Å². The summed E-state index contributed by atoms with van der Waals surface area (Å²) in [4.78, 5) is 12.3. The Hall–Kier alpha value is -1.85. The highest BCUT2D eigenvalue weighted by Gasteiger charge is 2.54. The van der Waals surface area contributed by atoms with Gasteiger partial charge in [0, 0.05) is 6.20 Å². The lowest BCUT2D eigenvalue weighted by molar-refractivity contribution is -0.0589. The second-order valence-electron chi connectivity index (χ2n) is 6.50. The first kappa shape index (κ1) is 17.3.